The number of hydrogen-bond donors (Lipinski definition) is 3. The van der Waals surface area contributed by atoms with Crippen LogP contribution >= 0.6 is 0 Å². The number of nitrogens with one attached hydrogen (secondary N) is 1. The van der Waals surface area contributed by atoms with Crippen LogP contribution in [-0.4, -0.2) is 38.8 Å². The number of fused-ring (bicyclic) bond motifs is 1. The molecule has 6 nitrogen and oxygen atoms in total. The number of hydrogen-bond acceptors (Lipinski definition) is 5. The third-order valence-corrected chi connectivity index (χ3v) is 5.73. The summed E-state index contributed by atoms with van der Waals surface area (Å²) in [6.07, 6.45) is 4.30. The maximum atomic E-state index is 10.7. The van der Waals surface area contributed by atoms with Crippen molar-refractivity contribution in [2.75, 3.05) is 18.8 Å². The molecule has 4 N–H and O–H groups in total. The highest BCUT2D eigenvalue weighted by atomic mass is 16.3. The van der Waals surface area contributed by atoms with Crippen LogP contribution in [0, 0.1) is 0 Å². The van der Waals surface area contributed by atoms with E-state index in [1.807, 2.05) is 48.5 Å². The van der Waals surface area contributed by atoms with Gasteiger partial charge in [-0.15, -0.1) is 0 Å². The zero-order valence-electron chi connectivity index (χ0n) is 17.3. The number of nitrogens with two attached hydrogens (primary N) is 1. The molecular formula is C25H25N5O. The minimum absolute atomic E-state index is 0.0515. The molecule has 6 heteroatoms. The topological polar surface area (TPSA) is 90.5 Å². The van der Waals surface area contributed by atoms with Gasteiger partial charge >= 0.3 is 0 Å². The molecule has 2 aromatic heterocycles. The second-order valence-corrected chi connectivity index (χ2v) is 7.98. The molecule has 1 aliphatic heterocycles. The Hall–Kier alpha value is -3.64. The Morgan fingerprint density at radius 1 is 1.06 bits per heavy atom. The number of likely N-dealkylation sites (tertiary alicyclic amines) is 1. The molecule has 0 atom stereocenters. The van der Waals surface area contributed by atoms with Crippen molar-refractivity contribution in [3.8, 4) is 5.88 Å². The fourth-order valence-corrected chi connectivity index (χ4v) is 4.19. The normalized spacial score (nSPS) is 15.0. The molecule has 0 bridgehead atoms. The average molecular weight is 412 g/mol. The molecule has 2 aromatic carbocycles. The van der Waals surface area contributed by atoms with Gasteiger partial charge in [0, 0.05) is 23.8 Å². The van der Waals surface area contributed by atoms with E-state index < -0.39 is 0 Å². The molecule has 1 aliphatic rings. The number of aliphatic imine (C=N–C) groups is 1. The van der Waals surface area contributed by atoms with E-state index in [1.165, 1.54) is 31.5 Å². The van der Waals surface area contributed by atoms with E-state index in [0.717, 1.165) is 23.1 Å². The lowest BCUT2D eigenvalue weighted by molar-refractivity contribution is 0.331. The molecule has 3 heterocycles. The number of anilines is 1. The third kappa shape index (κ3) is 4.02. The predicted molar refractivity (Wildman–Crippen MR) is 125 cm³/mol. The molecule has 0 aliphatic carbocycles. The summed E-state index contributed by atoms with van der Waals surface area (Å²) in [5.74, 6) is 0.0515. The predicted octanol–water partition coefficient (Wildman–Crippen LogP) is 4.62. The number of aromatic nitrogens is 2. The van der Waals surface area contributed by atoms with Gasteiger partial charge < -0.3 is 15.8 Å². The van der Waals surface area contributed by atoms with Crippen LogP contribution in [0.2, 0.25) is 0 Å². The molecular weight excluding hydrogens is 386 g/mol. The second-order valence-electron chi connectivity index (χ2n) is 7.98. The number of aromatic amines is 1. The highest BCUT2D eigenvalue weighted by molar-refractivity contribution is 6.21. The number of nitrogen functional groups attached to an aromatic ring is 1. The largest absolute Gasteiger partial charge is 0.494 e. The quantitative estimate of drug-likeness (QED) is 0.330. The molecule has 1 saturated heterocycles. The molecule has 0 unspecified atom stereocenters. The number of nitrogens with zero attached hydrogens (tertiary/aromatic N) is 3. The van der Waals surface area contributed by atoms with Crippen molar-refractivity contribution in [1.29, 1.82) is 0 Å². The van der Waals surface area contributed by atoms with E-state index in [4.69, 9.17) is 10.7 Å². The Balaban J connectivity index is 1.56. The van der Waals surface area contributed by atoms with Crippen LogP contribution in [-0.2, 0) is 6.54 Å². The molecule has 0 amide bonds. The van der Waals surface area contributed by atoms with E-state index >= 15 is 0 Å². The van der Waals surface area contributed by atoms with Crippen LogP contribution in [0.3, 0.4) is 0 Å². The number of H-pyrrole nitrogens is 1. The zero-order valence-corrected chi connectivity index (χ0v) is 17.3. The van der Waals surface area contributed by atoms with Crippen molar-refractivity contribution in [1.82, 2.24) is 14.9 Å². The van der Waals surface area contributed by atoms with Gasteiger partial charge in [-0.25, -0.2) is 4.99 Å². The number of benzene rings is 2. The Labute approximate surface area is 181 Å². The Kier molecular flexibility index (Phi) is 5.14. The monoisotopic (exact) mass is 411 g/mol. The maximum Gasteiger partial charge on any atom is 0.199 e. The lowest BCUT2D eigenvalue weighted by Crippen LogP contribution is -2.18. The Bertz CT molecular complexity index is 1220. The fraction of sp³-hybridized carbons (Fsp3) is 0.200. The molecule has 0 radical (unpaired) electrons. The zero-order chi connectivity index (χ0) is 21.2. The van der Waals surface area contributed by atoms with Gasteiger partial charge in [-0.3, -0.25) is 9.88 Å². The van der Waals surface area contributed by atoms with Crippen LogP contribution in [0.15, 0.2) is 71.9 Å². The van der Waals surface area contributed by atoms with Gasteiger partial charge in [-0.05, 0) is 74.0 Å². The summed E-state index contributed by atoms with van der Waals surface area (Å²) in [4.78, 5) is 14.9. The van der Waals surface area contributed by atoms with Gasteiger partial charge in [-0.2, -0.15) is 0 Å². The average Bonchev–Trinajstić information content (AvgIpc) is 3.40. The van der Waals surface area contributed by atoms with Crippen molar-refractivity contribution in [2.24, 2.45) is 4.99 Å². The van der Waals surface area contributed by atoms with Crippen molar-refractivity contribution in [3.05, 3.63) is 83.7 Å². The summed E-state index contributed by atoms with van der Waals surface area (Å²) in [5, 5.41) is 11.6. The van der Waals surface area contributed by atoms with Crippen LogP contribution < -0.4 is 5.73 Å². The number of pyridine rings is 1. The number of rotatable bonds is 5. The fourth-order valence-electron chi connectivity index (χ4n) is 4.19. The van der Waals surface area contributed by atoms with Crippen molar-refractivity contribution < 1.29 is 5.11 Å². The maximum absolute atomic E-state index is 10.7. The summed E-state index contributed by atoms with van der Waals surface area (Å²) in [6, 6.07) is 19.5. The summed E-state index contributed by atoms with van der Waals surface area (Å²) in [5.41, 5.74) is 11.3. The lowest BCUT2D eigenvalue weighted by Gasteiger charge is -2.14. The molecule has 156 valence electrons. The van der Waals surface area contributed by atoms with Gasteiger partial charge in [-0.1, -0.05) is 18.2 Å². The summed E-state index contributed by atoms with van der Waals surface area (Å²) in [7, 11) is 0. The minimum Gasteiger partial charge on any atom is -0.494 e. The van der Waals surface area contributed by atoms with Gasteiger partial charge in [0.1, 0.15) is 5.71 Å². The van der Waals surface area contributed by atoms with E-state index in [2.05, 4.69) is 27.0 Å². The van der Waals surface area contributed by atoms with Crippen molar-refractivity contribution >= 4 is 28.0 Å². The standard InChI is InChI=1S/C25H25N5O/c26-18-8-11-20-22(15-18)29-25(31)23(20)24(21-5-1-2-12-27-21)28-19-9-6-17(7-10-19)16-30-13-3-4-14-30/h1-2,5-12,15,29,31H,3-4,13-14,16,26H2. The molecule has 31 heavy (non-hydrogen) atoms. The minimum atomic E-state index is 0.0515. The molecule has 5 rings (SSSR count). The third-order valence-electron chi connectivity index (χ3n) is 5.73. The smallest absolute Gasteiger partial charge is 0.199 e. The summed E-state index contributed by atoms with van der Waals surface area (Å²) < 4.78 is 0. The first kappa shape index (κ1) is 19.3. The van der Waals surface area contributed by atoms with Gasteiger partial charge in [0.05, 0.1) is 22.5 Å². The van der Waals surface area contributed by atoms with Crippen molar-refractivity contribution in [3.63, 3.8) is 0 Å². The first-order valence-corrected chi connectivity index (χ1v) is 10.6. The highest BCUT2D eigenvalue weighted by Crippen LogP contribution is 2.32. The second kappa shape index (κ2) is 8.24. The van der Waals surface area contributed by atoms with E-state index in [9.17, 15) is 5.11 Å². The summed E-state index contributed by atoms with van der Waals surface area (Å²) >= 11 is 0. The van der Waals surface area contributed by atoms with Gasteiger partial charge in [0.15, 0.2) is 5.88 Å². The highest BCUT2D eigenvalue weighted by Gasteiger charge is 2.19. The molecule has 1 fully saturated rings. The summed E-state index contributed by atoms with van der Waals surface area (Å²) in [6.45, 7) is 3.32. The molecule has 0 saturated carbocycles. The number of aromatic hydroxyl groups is 1. The SMILES string of the molecule is Nc1ccc2c(C(=Nc3ccc(CN4CCCC4)cc3)c3ccccn3)c(O)[nH]c2c1. The Morgan fingerprint density at radius 3 is 2.61 bits per heavy atom. The van der Waals surface area contributed by atoms with E-state index in [0.29, 0.717) is 22.7 Å². The first-order valence-electron chi connectivity index (χ1n) is 10.6. The van der Waals surface area contributed by atoms with Crippen LogP contribution in [0.4, 0.5) is 11.4 Å². The molecule has 4 aromatic rings. The van der Waals surface area contributed by atoms with Crippen molar-refractivity contribution in [2.45, 2.75) is 19.4 Å². The van der Waals surface area contributed by atoms with Crippen LogP contribution in [0.1, 0.15) is 29.7 Å². The van der Waals surface area contributed by atoms with Gasteiger partial charge in [0.25, 0.3) is 0 Å². The van der Waals surface area contributed by atoms with Gasteiger partial charge in [0.2, 0.25) is 0 Å². The van der Waals surface area contributed by atoms with E-state index in [1.54, 1.807) is 6.20 Å². The van der Waals surface area contributed by atoms with Crippen LogP contribution in [0.5, 0.6) is 5.88 Å². The van der Waals surface area contributed by atoms with E-state index in [-0.39, 0.29) is 5.88 Å². The molecule has 0 spiro atoms. The Morgan fingerprint density at radius 2 is 1.87 bits per heavy atom. The first-order chi connectivity index (χ1) is 15.2. The lowest BCUT2D eigenvalue weighted by atomic mass is 10.0. The van der Waals surface area contributed by atoms with Crippen LogP contribution in [0.25, 0.3) is 10.9 Å².